The minimum absolute atomic E-state index is 0.00609. The number of ether oxygens (including phenoxy) is 2. The van der Waals surface area contributed by atoms with Gasteiger partial charge in [0.1, 0.15) is 0 Å². The fraction of sp³-hybridized carbons (Fsp3) is 1.00. The molecule has 1 aliphatic heterocycles. The summed E-state index contributed by atoms with van der Waals surface area (Å²) in [6, 6.07) is 0. The predicted molar refractivity (Wildman–Crippen MR) is 43.3 cm³/mol. The Labute approximate surface area is 70.0 Å². The predicted octanol–water partition coefficient (Wildman–Crippen LogP) is 1.78. The van der Waals surface area contributed by atoms with Crippen LogP contribution in [-0.2, 0) is 9.47 Å². The molecule has 0 atom stereocenters. The lowest BCUT2D eigenvalue weighted by molar-refractivity contribution is -0.190. The molecule has 0 radical (unpaired) electrons. The van der Waals surface area contributed by atoms with Crippen LogP contribution in [0, 0.1) is 5.92 Å². The van der Waals surface area contributed by atoms with E-state index >= 15 is 0 Å². The van der Waals surface area contributed by atoms with Crippen molar-refractivity contribution in [2.24, 2.45) is 5.92 Å². The van der Waals surface area contributed by atoms with Crippen molar-refractivity contribution in [3.8, 4) is 0 Å². The monoisotopic (exact) mass is 208 g/mol. The molecular weight excluding hydrogens is 196 g/mol. The van der Waals surface area contributed by atoms with E-state index in [1.165, 1.54) is 0 Å². The molecule has 2 nitrogen and oxygen atoms in total. The van der Waals surface area contributed by atoms with Crippen LogP contribution in [0.25, 0.3) is 0 Å². The van der Waals surface area contributed by atoms with Crippen LogP contribution in [0.2, 0.25) is 0 Å². The molecule has 0 bridgehead atoms. The molecule has 1 fully saturated rings. The summed E-state index contributed by atoms with van der Waals surface area (Å²) >= 11 is 3.39. The number of rotatable bonds is 2. The molecule has 0 N–H and O–H groups in total. The molecule has 0 saturated carbocycles. The maximum Gasteiger partial charge on any atom is 0.154 e. The quantitative estimate of drug-likeness (QED) is 0.645. The second kappa shape index (κ2) is 4.31. The summed E-state index contributed by atoms with van der Waals surface area (Å²) in [7, 11) is 0. The number of hydrogen-bond donors (Lipinski definition) is 0. The summed E-state index contributed by atoms with van der Waals surface area (Å²) in [6.45, 7) is 3.64. The highest BCUT2D eigenvalue weighted by Crippen LogP contribution is 2.14. The van der Waals surface area contributed by atoms with E-state index in [1.807, 2.05) is 6.92 Å². The van der Waals surface area contributed by atoms with Gasteiger partial charge in [-0.2, -0.15) is 0 Å². The molecule has 1 aliphatic rings. The Hall–Kier alpha value is 0.400. The third-order valence-electron chi connectivity index (χ3n) is 1.65. The molecule has 0 aromatic rings. The van der Waals surface area contributed by atoms with Crippen LogP contribution in [0.15, 0.2) is 0 Å². The van der Waals surface area contributed by atoms with Crippen molar-refractivity contribution in [2.75, 3.05) is 18.5 Å². The van der Waals surface area contributed by atoms with Crippen LogP contribution in [-0.4, -0.2) is 24.8 Å². The van der Waals surface area contributed by atoms with Gasteiger partial charge in [-0.3, -0.25) is 0 Å². The zero-order valence-corrected chi connectivity index (χ0v) is 7.76. The molecule has 0 aromatic heterocycles. The van der Waals surface area contributed by atoms with Gasteiger partial charge in [0.05, 0.1) is 13.2 Å². The lowest BCUT2D eigenvalue weighted by Gasteiger charge is -2.26. The van der Waals surface area contributed by atoms with E-state index in [2.05, 4.69) is 15.9 Å². The zero-order valence-electron chi connectivity index (χ0n) is 6.18. The molecular formula is C7H13BrO2. The topological polar surface area (TPSA) is 18.5 Å². The molecule has 10 heavy (non-hydrogen) atoms. The Balaban J connectivity index is 2.13. The summed E-state index contributed by atoms with van der Waals surface area (Å²) in [5.74, 6) is 0.593. The van der Waals surface area contributed by atoms with E-state index in [9.17, 15) is 0 Å². The Kier molecular flexibility index (Phi) is 3.66. The van der Waals surface area contributed by atoms with Gasteiger partial charge in [-0.05, 0) is 13.3 Å². The van der Waals surface area contributed by atoms with Crippen LogP contribution < -0.4 is 0 Å². The molecule has 0 spiro atoms. The maximum absolute atomic E-state index is 5.30. The van der Waals surface area contributed by atoms with Crippen LogP contribution >= 0.6 is 15.9 Å². The van der Waals surface area contributed by atoms with Gasteiger partial charge in [-0.1, -0.05) is 15.9 Å². The van der Waals surface area contributed by atoms with Crippen molar-refractivity contribution in [1.82, 2.24) is 0 Å². The first-order valence-electron chi connectivity index (χ1n) is 3.62. The van der Waals surface area contributed by atoms with Crippen molar-refractivity contribution in [3.63, 3.8) is 0 Å². The normalized spacial score (nSPS) is 34.2. The largest absolute Gasteiger partial charge is 0.353 e. The van der Waals surface area contributed by atoms with Crippen molar-refractivity contribution >= 4 is 15.9 Å². The van der Waals surface area contributed by atoms with E-state index < -0.39 is 0 Å². The fourth-order valence-electron chi connectivity index (χ4n) is 0.960. The number of hydrogen-bond acceptors (Lipinski definition) is 2. The lowest BCUT2D eigenvalue weighted by Crippen LogP contribution is -2.30. The first kappa shape index (κ1) is 8.50. The van der Waals surface area contributed by atoms with Gasteiger partial charge in [0.25, 0.3) is 0 Å². The second-order valence-corrected chi connectivity index (χ2v) is 3.37. The van der Waals surface area contributed by atoms with E-state index in [4.69, 9.17) is 9.47 Å². The Bertz CT molecular complexity index is 89.6. The fourth-order valence-corrected chi connectivity index (χ4v) is 1.61. The second-order valence-electron chi connectivity index (χ2n) is 2.58. The summed E-state index contributed by atoms with van der Waals surface area (Å²) in [5, 5.41) is 1.04. The lowest BCUT2D eigenvalue weighted by atomic mass is 10.1. The van der Waals surface area contributed by atoms with Crippen LogP contribution in [0.5, 0.6) is 0 Å². The smallest absolute Gasteiger partial charge is 0.154 e. The SMILES string of the molecule is CC1OCC(CCBr)CO1. The molecule has 3 heteroatoms. The highest BCUT2D eigenvalue weighted by atomic mass is 79.9. The molecule has 60 valence electrons. The molecule has 1 saturated heterocycles. The summed E-state index contributed by atoms with van der Waals surface area (Å²) < 4.78 is 10.6. The third-order valence-corrected chi connectivity index (χ3v) is 2.11. The van der Waals surface area contributed by atoms with Gasteiger partial charge < -0.3 is 9.47 Å². The average molecular weight is 209 g/mol. The number of halogens is 1. The highest BCUT2D eigenvalue weighted by molar-refractivity contribution is 9.09. The molecule has 0 aromatic carbocycles. The minimum Gasteiger partial charge on any atom is -0.353 e. The van der Waals surface area contributed by atoms with Gasteiger partial charge in [-0.15, -0.1) is 0 Å². The summed E-state index contributed by atoms with van der Waals surface area (Å²) in [5.41, 5.74) is 0. The van der Waals surface area contributed by atoms with E-state index in [1.54, 1.807) is 0 Å². The first-order valence-corrected chi connectivity index (χ1v) is 4.74. The summed E-state index contributed by atoms with van der Waals surface area (Å²) in [4.78, 5) is 0. The van der Waals surface area contributed by atoms with Crippen LogP contribution in [0.1, 0.15) is 13.3 Å². The molecule has 0 unspecified atom stereocenters. The van der Waals surface area contributed by atoms with Crippen molar-refractivity contribution in [2.45, 2.75) is 19.6 Å². The van der Waals surface area contributed by atoms with Crippen LogP contribution in [0.3, 0.4) is 0 Å². The zero-order chi connectivity index (χ0) is 7.40. The van der Waals surface area contributed by atoms with Gasteiger partial charge >= 0.3 is 0 Å². The van der Waals surface area contributed by atoms with Crippen molar-refractivity contribution in [3.05, 3.63) is 0 Å². The molecule has 1 rings (SSSR count). The average Bonchev–Trinajstić information content (AvgIpc) is 1.95. The van der Waals surface area contributed by atoms with Gasteiger partial charge in [-0.25, -0.2) is 0 Å². The third kappa shape index (κ3) is 2.56. The van der Waals surface area contributed by atoms with E-state index in [-0.39, 0.29) is 6.29 Å². The van der Waals surface area contributed by atoms with E-state index in [0.717, 1.165) is 25.0 Å². The first-order chi connectivity index (χ1) is 4.83. The standard InChI is InChI=1S/C7H13BrO2/c1-6-9-4-7(2-3-8)5-10-6/h6-7H,2-5H2,1H3. The maximum atomic E-state index is 5.30. The Morgan fingerprint density at radius 3 is 2.50 bits per heavy atom. The van der Waals surface area contributed by atoms with Crippen molar-refractivity contribution < 1.29 is 9.47 Å². The molecule has 0 aliphatic carbocycles. The highest BCUT2D eigenvalue weighted by Gasteiger charge is 2.17. The number of alkyl halides is 1. The van der Waals surface area contributed by atoms with Gasteiger partial charge in [0.2, 0.25) is 0 Å². The van der Waals surface area contributed by atoms with Gasteiger partial charge in [0, 0.05) is 11.2 Å². The van der Waals surface area contributed by atoms with Gasteiger partial charge in [0.15, 0.2) is 6.29 Å². The Morgan fingerprint density at radius 1 is 1.40 bits per heavy atom. The van der Waals surface area contributed by atoms with E-state index in [0.29, 0.717) is 5.92 Å². The molecule has 1 heterocycles. The summed E-state index contributed by atoms with van der Waals surface area (Å²) in [6.07, 6.45) is 1.15. The molecule has 0 amide bonds. The van der Waals surface area contributed by atoms with Crippen molar-refractivity contribution in [1.29, 1.82) is 0 Å². The van der Waals surface area contributed by atoms with Crippen LogP contribution in [0.4, 0.5) is 0 Å². The Morgan fingerprint density at radius 2 is 2.00 bits per heavy atom. The minimum atomic E-state index is 0.00609.